The minimum atomic E-state index is 0.646. The van der Waals surface area contributed by atoms with Crippen molar-refractivity contribution in [2.75, 3.05) is 33.2 Å². The van der Waals surface area contributed by atoms with Crippen molar-refractivity contribution in [3.63, 3.8) is 0 Å². The van der Waals surface area contributed by atoms with Gasteiger partial charge >= 0.3 is 0 Å². The van der Waals surface area contributed by atoms with Crippen LogP contribution in [0.3, 0.4) is 0 Å². The molecule has 0 aliphatic carbocycles. The first-order valence-electron chi connectivity index (χ1n) is 5.75. The van der Waals surface area contributed by atoms with E-state index in [1.807, 2.05) is 12.5 Å². The second-order valence-electron chi connectivity index (χ2n) is 4.79. The quantitative estimate of drug-likeness (QED) is 0.762. The van der Waals surface area contributed by atoms with E-state index in [1.54, 1.807) is 0 Å². The van der Waals surface area contributed by atoms with E-state index < -0.39 is 0 Å². The molecule has 15 heavy (non-hydrogen) atoms. The Balaban J connectivity index is 1.81. The molecule has 3 rings (SSSR count). The van der Waals surface area contributed by atoms with Crippen LogP contribution in [0.1, 0.15) is 24.1 Å². The van der Waals surface area contributed by atoms with E-state index in [-0.39, 0.29) is 0 Å². The SMILES string of the molecule is CN1CCC(n2cncc2C2CNC2)C1. The molecule has 1 aromatic rings. The molecule has 0 bridgehead atoms. The molecule has 2 saturated heterocycles. The average Bonchev–Trinajstić information content (AvgIpc) is 2.70. The monoisotopic (exact) mass is 206 g/mol. The summed E-state index contributed by atoms with van der Waals surface area (Å²) in [6.07, 6.45) is 5.32. The molecule has 4 nitrogen and oxygen atoms in total. The fourth-order valence-electron chi connectivity index (χ4n) is 2.57. The first-order chi connectivity index (χ1) is 7.34. The number of rotatable bonds is 2. The van der Waals surface area contributed by atoms with Gasteiger partial charge in [0.25, 0.3) is 0 Å². The maximum Gasteiger partial charge on any atom is 0.0951 e. The standard InChI is InChI=1S/C11H18N4/c1-14-3-2-10(7-14)15-8-13-6-11(15)9-4-12-5-9/h6,8-10,12H,2-5,7H2,1H3. The van der Waals surface area contributed by atoms with Crippen molar-refractivity contribution in [3.05, 3.63) is 18.2 Å². The summed E-state index contributed by atoms with van der Waals surface area (Å²) in [5.74, 6) is 0.693. The summed E-state index contributed by atoms with van der Waals surface area (Å²) in [5, 5.41) is 3.32. The van der Waals surface area contributed by atoms with E-state index in [0.29, 0.717) is 12.0 Å². The van der Waals surface area contributed by atoms with E-state index in [4.69, 9.17) is 0 Å². The third-order valence-electron chi connectivity index (χ3n) is 3.66. The second-order valence-corrected chi connectivity index (χ2v) is 4.79. The highest BCUT2D eigenvalue weighted by Crippen LogP contribution is 2.27. The van der Waals surface area contributed by atoms with Crippen LogP contribution in [0, 0.1) is 0 Å². The van der Waals surface area contributed by atoms with Gasteiger partial charge in [0.05, 0.1) is 6.33 Å². The lowest BCUT2D eigenvalue weighted by Crippen LogP contribution is -2.41. The van der Waals surface area contributed by atoms with Gasteiger partial charge in [0.15, 0.2) is 0 Å². The van der Waals surface area contributed by atoms with Crippen LogP contribution in [-0.4, -0.2) is 47.7 Å². The summed E-state index contributed by atoms with van der Waals surface area (Å²) >= 11 is 0. The van der Waals surface area contributed by atoms with Crippen LogP contribution in [0.15, 0.2) is 12.5 Å². The minimum Gasteiger partial charge on any atom is -0.330 e. The molecule has 3 heterocycles. The van der Waals surface area contributed by atoms with Gasteiger partial charge in [0, 0.05) is 43.5 Å². The summed E-state index contributed by atoms with van der Waals surface area (Å²) in [5.41, 5.74) is 1.43. The molecular weight excluding hydrogens is 188 g/mol. The van der Waals surface area contributed by atoms with Crippen LogP contribution in [0.4, 0.5) is 0 Å². The van der Waals surface area contributed by atoms with Crippen molar-refractivity contribution in [2.24, 2.45) is 0 Å². The molecular formula is C11H18N4. The van der Waals surface area contributed by atoms with Crippen molar-refractivity contribution in [3.8, 4) is 0 Å². The molecule has 0 radical (unpaired) electrons. The predicted molar refractivity (Wildman–Crippen MR) is 59.0 cm³/mol. The topological polar surface area (TPSA) is 33.1 Å². The zero-order chi connectivity index (χ0) is 10.3. The minimum absolute atomic E-state index is 0.646. The summed E-state index contributed by atoms with van der Waals surface area (Å²) in [7, 11) is 2.20. The van der Waals surface area contributed by atoms with Gasteiger partial charge < -0.3 is 14.8 Å². The van der Waals surface area contributed by atoms with Gasteiger partial charge in [-0.3, -0.25) is 0 Å². The van der Waals surface area contributed by atoms with Gasteiger partial charge in [-0.15, -0.1) is 0 Å². The zero-order valence-electron chi connectivity index (χ0n) is 9.19. The first kappa shape index (κ1) is 9.36. The number of nitrogens with one attached hydrogen (secondary N) is 1. The molecule has 1 unspecified atom stereocenters. The van der Waals surface area contributed by atoms with E-state index in [0.717, 1.165) is 13.1 Å². The van der Waals surface area contributed by atoms with Crippen LogP contribution in [0.5, 0.6) is 0 Å². The smallest absolute Gasteiger partial charge is 0.0951 e. The van der Waals surface area contributed by atoms with Gasteiger partial charge in [0.1, 0.15) is 0 Å². The van der Waals surface area contributed by atoms with Crippen LogP contribution >= 0.6 is 0 Å². The van der Waals surface area contributed by atoms with Crippen molar-refractivity contribution in [1.29, 1.82) is 0 Å². The Hall–Kier alpha value is -0.870. The normalized spacial score (nSPS) is 28.2. The Labute approximate surface area is 90.3 Å². The third-order valence-corrected chi connectivity index (χ3v) is 3.66. The molecule has 2 aliphatic heterocycles. The molecule has 0 aromatic carbocycles. The molecule has 4 heteroatoms. The van der Waals surface area contributed by atoms with Crippen LogP contribution in [-0.2, 0) is 0 Å². The summed E-state index contributed by atoms with van der Waals surface area (Å²) in [4.78, 5) is 6.71. The Morgan fingerprint density at radius 1 is 1.47 bits per heavy atom. The Kier molecular flexibility index (Phi) is 2.25. The summed E-state index contributed by atoms with van der Waals surface area (Å²) in [6, 6.07) is 0.646. The largest absolute Gasteiger partial charge is 0.330 e. The van der Waals surface area contributed by atoms with E-state index in [1.165, 1.54) is 25.2 Å². The maximum atomic E-state index is 4.31. The van der Waals surface area contributed by atoms with E-state index in [9.17, 15) is 0 Å². The van der Waals surface area contributed by atoms with Crippen molar-refractivity contribution in [2.45, 2.75) is 18.4 Å². The van der Waals surface area contributed by atoms with Crippen LogP contribution in [0.2, 0.25) is 0 Å². The number of hydrogen-bond acceptors (Lipinski definition) is 3. The fraction of sp³-hybridized carbons (Fsp3) is 0.727. The predicted octanol–water partition coefficient (Wildman–Crippen LogP) is 0.446. The van der Waals surface area contributed by atoms with Crippen molar-refractivity contribution in [1.82, 2.24) is 19.8 Å². The number of nitrogens with zero attached hydrogens (tertiary/aromatic N) is 3. The van der Waals surface area contributed by atoms with E-state index >= 15 is 0 Å². The lowest BCUT2D eigenvalue weighted by atomic mass is 9.99. The molecule has 0 spiro atoms. The molecule has 1 N–H and O–H groups in total. The van der Waals surface area contributed by atoms with E-state index in [2.05, 4.69) is 26.8 Å². The average molecular weight is 206 g/mol. The van der Waals surface area contributed by atoms with Gasteiger partial charge in [-0.05, 0) is 20.0 Å². The molecule has 1 aromatic heterocycles. The van der Waals surface area contributed by atoms with Crippen molar-refractivity contribution >= 4 is 0 Å². The maximum absolute atomic E-state index is 4.31. The molecule has 2 aliphatic rings. The first-order valence-corrected chi connectivity index (χ1v) is 5.75. The lowest BCUT2D eigenvalue weighted by molar-refractivity contribution is 0.374. The van der Waals surface area contributed by atoms with Crippen LogP contribution in [0.25, 0.3) is 0 Å². The number of likely N-dealkylation sites (N-methyl/N-ethyl adjacent to an activating group) is 1. The Morgan fingerprint density at radius 3 is 2.93 bits per heavy atom. The third kappa shape index (κ3) is 1.58. The molecule has 1 atom stereocenters. The number of likely N-dealkylation sites (tertiary alicyclic amines) is 1. The van der Waals surface area contributed by atoms with Gasteiger partial charge in [-0.2, -0.15) is 0 Å². The Bertz CT molecular complexity index is 342. The number of imidazole rings is 1. The van der Waals surface area contributed by atoms with Gasteiger partial charge in [0.2, 0.25) is 0 Å². The number of aromatic nitrogens is 2. The van der Waals surface area contributed by atoms with Gasteiger partial charge in [-0.1, -0.05) is 0 Å². The Morgan fingerprint density at radius 2 is 2.33 bits per heavy atom. The fourth-order valence-corrected chi connectivity index (χ4v) is 2.57. The summed E-state index contributed by atoms with van der Waals surface area (Å²) in [6.45, 7) is 4.62. The zero-order valence-corrected chi connectivity index (χ0v) is 9.19. The highest BCUT2D eigenvalue weighted by atomic mass is 15.2. The molecule has 0 amide bonds. The lowest BCUT2D eigenvalue weighted by Gasteiger charge is -2.29. The highest BCUT2D eigenvalue weighted by molar-refractivity contribution is 5.13. The van der Waals surface area contributed by atoms with Gasteiger partial charge in [-0.25, -0.2) is 4.98 Å². The highest BCUT2D eigenvalue weighted by Gasteiger charge is 2.27. The second kappa shape index (κ2) is 3.61. The molecule has 82 valence electrons. The molecule has 0 saturated carbocycles. The van der Waals surface area contributed by atoms with Crippen molar-refractivity contribution < 1.29 is 0 Å². The number of hydrogen-bond donors (Lipinski definition) is 1. The molecule has 2 fully saturated rings. The summed E-state index contributed by atoms with van der Waals surface area (Å²) < 4.78 is 2.40. The van der Waals surface area contributed by atoms with Crippen LogP contribution < -0.4 is 5.32 Å².